The first-order valence-electron chi connectivity index (χ1n) is 5.13. The molecule has 0 bridgehead atoms. The Morgan fingerprint density at radius 1 is 1.47 bits per heavy atom. The van der Waals surface area contributed by atoms with Gasteiger partial charge in [-0.1, -0.05) is 6.07 Å². The number of rotatable bonds is 1. The molecule has 3 rings (SSSR count). The molecular weight excluding hydrogens is 192 g/mol. The predicted molar refractivity (Wildman–Crippen MR) is 56.0 cm³/mol. The Balaban J connectivity index is 2.22. The Kier molecular flexibility index (Phi) is 1.85. The van der Waals surface area contributed by atoms with Gasteiger partial charge in [0.15, 0.2) is 0 Å². The first-order valence-corrected chi connectivity index (χ1v) is 5.13. The van der Waals surface area contributed by atoms with Crippen LogP contribution in [0, 0.1) is 0 Å². The van der Waals surface area contributed by atoms with Gasteiger partial charge >= 0.3 is 0 Å². The van der Waals surface area contributed by atoms with Crippen LogP contribution in [-0.4, -0.2) is 27.7 Å². The number of aromatic nitrogens is 3. The highest BCUT2D eigenvalue weighted by Crippen LogP contribution is 2.19. The molecule has 5 heteroatoms. The molecule has 1 fully saturated rings. The zero-order valence-corrected chi connectivity index (χ0v) is 8.23. The third kappa shape index (κ3) is 1.27. The van der Waals surface area contributed by atoms with Crippen molar-refractivity contribution >= 4 is 5.65 Å². The van der Waals surface area contributed by atoms with E-state index in [1.807, 2.05) is 6.07 Å². The third-order valence-electron chi connectivity index (χ3n) is 2.89. The van der Waals surface area contributed by atoms with E-state index >= 15 is 0 Å². The zero-order valence-electron chi connectivity index (χ0n) is 8.23. The van der Waals surface area contributed by atoms with E-state index in [2.05, 4.69) is 15.5 Å². The quantitative estimate of drug-likeness (QED) is 0.692. The van der Waals surface area contributed by atoms with Crippen molar-refractivity contribution in [2.75, 3.05) is 13.1 Å². The van der Waals surface area contributed by atoms with Gasteiger partial charge in [-0.05, 0) is 19.0 Å². The molecule has 0 aromatic carbocycles. The molecular formula is C10H12N4O. The van der Waals surface area contributed by atoms with Crippen LogP contribution < -0.4 is 10.9 Å². The zero-order chi connectivity index (χ0) is 10.3. The number of nitrogens with one attached hydrogen (secondary N) is 2. The molecule has 0 spiro atoms. The molecule has 78 valence electrons. The van der Waals surface area contributed by atoms with E-state index in [9.17, 15) is 4.79 Å². The molecule has 0 saturated carbocycles. The van der Waals surface area contributed by atoms with Gasteiger partial charge in [0.1, 0.15) is 11.5 Å². The van der Waals surface area contributed by atoms with Gasteiger partial charge in [0, 0.05) is 18.5 Å². The van der Waals surface area contributed by atoms with E-state index in [0.29, 0.717) is 5.92 Å². The van der Waals surface area contributed by atoms with Gasteiger partial charge in [0.2, 0.25) is 0 Å². The molecule has 3 heterocycles. The Morgan fingerprint density at radius 3 is 3.20 bits per heavy atom. The van der Waals surface area contributed by atoms with Crippen molar-refractivity contribution in [3.63, 3.8) is 0 Å². The standard InChI is InChI=1S/C10H12N4O/c15-9-3-1-2-8-12-13-10(14(8)9)7-4-5-11-6-7/h1-3,7,11-12H,4-6H2. The second kappa shape index (κ2) is 3.20. The highest BCUT2D eigenvalue weighted by atomic mass is 16.1. The number of aromatic amines is 1. The number of pyridine rings is 1. The molecule has 1 aliphatic rings. The molecule has 0 radical (unpaired) electrons. The number of nitrogens with zero attached hydrogens (tertiary/aromatic N) is 2. The summed E-state index contributed by atoms with van der Waals surface area (Å²) in [5.41, 5.74) is 0.757. The van der Waals surface area contributed by atoms with Crippen LogP contribution in [0.1, 0.15) is 18.2 Å². The first kappa shape index (κ1) is 8.67. The summed E-state index contributed by atoms with van der Waals surface area (Å²) in [5.74, 6) is 1.19. The van der Waals surface area contributed by atoms with Crippen molar-refractivity contribution in [3.05, 3.63) is 34.4 Å². The molecule has 2 aromatic heterocycles. The second-order valence-electron chi connectivity index (χ2n) is 3.86. The van der Waals surface area contributed by atoms with Gasteiger partial charge in [-0.2, -0.15) is 5.10 Å². The maximum Gasteiger partial charge on any atom is 0.257 e. The minimum atomic E-state index is -0.0110. The lowest BCUT2D eigenvalue weighted by Crippen LogP contribution is -2.17. The largest absolute Gasteiger partial charge is 0.316 e. The normalized spacial score (nSPS) is 21.2. The maximum absolute atomic E-state index is 11.7. The molecule has 1 saturated heterocycles. The molecule has 1 atom stereocenters. The smallest absolute Gasteiger partial charge is 0.257 e. The lowest BCUT2D eigenvalue weighted by atomic mass is 10.1. The van der Waals surface area contributed by atoms with Crippen molar-refractivity contribution in [2.24, 2.45) is 0 Å². The number of fused-ring (bicyclic) bond motifs is 1. The fourth-order valence-electron chi connectivity index (χ4n) is 2.13. The maximum atomic E-state index is 11.7. The number of H-pyrrole nitrogens is 1. The van der Waals surface area contributed by atoms with E-state index in [1.165, 1.54) is 0 Å². The topological polar surface area (TPSA) is 62.2 Å². The van der Waals surface area contributed by atoms with Crippen LogP contribution in [0.5, 0.6) is 0 Å². The van der Waals surface area contributed by atoms with Crippen molar-refractivity contribution in [2.45, 2.75) is 12.3 Å². The lowest BCUT2D eigenvalue weighted by molar-refractivity contribution is 0.687. The molecule has 2 aromatic rings. The van der Waals surface area contributed by atoms with E-state index in [0.717, 1.165) is 31.0 Å². The highest BCUT2D eigenvalue weighted by molar-refractivity contribution is 5.37. The minimum Gasteiger partial charge on any atom is -0.316 e. The average molecular weight is 204 g/mol. The molecule has 5 nitrogen and oxygen atoms in total. The predicted octanol–water partition coefficient (Wildman–Crippen LogP) is 0.0995. The lowest BCUT2D eigenvalue weighted by Gasteiger charge is -2.04. The van der Waals surface area contributed by atoms with Crippen LogP contribution in [0.4, 0.5) is 0 Å². The summed E-state index contributed by atoms with van der Waals surface area (Å²) in [6.07, 6.45) is 1.04. The summed E-state index contributed by atoms with van der Waals surface area (Å²) in [4.78, 5) is 11.7. The molecule has 15 heavy (non-hydrogen) atoms. The van der Waals surface area contributed by atoms with Crippen molar-refractivity contribution in [1.29, 1.82) is 0 Å². The molecule has 0 amide bonds. The molecule has 2 N–H and O–H groups in total. The van der Waals surface area contributed by atoms with Crippen LogP contribution in [0.3, 0.4) is 0 Å². The third-order valence-corrected chi connectivity index (χ3v) is 2.89. The minimum absolute atomic E-state index is 0.0110. The molecule has 1 unspecified atom stereocenters. The second-order valence-corrected chi connectivity index (χ2v) is 3.86. The fourth-order valence-corrected chi connectivity index (χ4v) is 2.13. The number of hydrogen-bond acceptors (Lipinski definition) is 3. The van der Waals surface area contributed by atoms with Gasteiger partial charge in [0.25, 0.3) is 5.56 Å². The summed E-state index contributed by atoms with van der Waals surface area (Å²) < 4.78 is 1.66. The monoisotopic (exact) mass is 204 g/mol. The Labute approximate surface area is 86.1 Å². The van der Waals surface area contributed by atoms with Gasteiger partial charge in [0.05, 0.1) is 0 Å². The van der Waals surface area contributed by atoms with Gasteiger partial charge < -0.3 is 5.32 Å². The summed E-state index contributed by atoms with van der Waals surface area (Å²) in [6.45, 7) is 1.90. The van der Waals surface area contributed by atoms with Crippen molar-refractivity contribution in [1.82, 2.24) is 19.9 Å². The van der Waals surface area contributed by atoms with Crippen LogP contribution in [-0.2, 0) is 0 Å². The molecule has 0 aliphatic carbocycles. The Hall–Kier alpha value is -1.62. The number of hydrogen-bond donors (Lipinski definition) is 2. The van der Waals surface area contributed by atoms with Crippen LogP contribution in [0.2, 0.25) is 0 Å². The van der Waals surface area contributed by atoms with E-state index in [4.69, 9.17) is 0 Å². The fraction of sp³-hybridized carbons (Fsp3) is 0.400. The summed E-state index contributed by atoms with van der Waals surface area (Å²) in [5, 5.41) is 10.4. The van der Waals surface area contributed by atoms with Gasteiger partial charge in [-0.15, -0.1) is 0 Å². The van der Waals surface area contributed by atoms with Crippen molar-refractivity contribution < 1.29 is 0 Å². The Morgan fingerprint density at radius 2 is 2.40 bits per heavy atom. The highest BCUT2D eigenvalue weighted by Gasteiger charge is 2.21. The van der Waals surface area contributed by atoms with Crippen LogP contribution in [0.15, 0.2) is 23.0 Å². The van der Waals surface area contributed by atoms with Gasteiger partial charge in [-0.25, -0.2) is 4.40 Å². The summed E-state index contributed by atoms with van der Waals surface area (Å²) >= 11 is 0. The first-order chi connectivity index (χ1) is 7.36. The van der Waals surface area contributed by atoms with E-state index < -0.39 is 0 Å². The van der Waals surface area contributed by atoms with Crippen molar-refractivity contribution in [3.8, 4) is 0 Å². The van der Waals surface area contributed by atoms with E-state index in [-0.39, 0.29) is 5.56 Å². The van der Waals surface area contributed by atoms with E-state index in [1.54, 1.807) is 16.5 Å². The SMILES string of the molecule is O=c1cccc2[nH]nc(C3CCNC3)n12. The van der Waals surface area contributed by atoms with Crippen LogP contribution in [0.25, 0.3) is 5.65 Å². The van der Waals surface area contributed by atoms with Gasteiger partial charge in [-0.3, -0.25) is 9.89 Å². The summed E-state index contributed by atoms with van der Waals surface area (Å²) in [7, 11) is 0. The summed E-state index contributed by atoms with van der Waals surface area (Å²) in [6, 6.07) is 5.17. The Bertz CT molecular complexity index is 536. The molecule has 1 aliphatic heterocycles. The average Bonchev–Trinajstić information content (AvgIpc) is 2.85. The van der Waals surface area contributed by atoms with Crippen LogP contribution >= 0.6 is 0 Å².